The van der Waals surface area contributed by atoms with Gasteiger partial charge in [0, 0.05) is 0 Å². The molecule has 1 atom stereocenters. The number of hydrogen-bond donors (Lipinski definition) is 1. The molecule has 1 amide bonds. The molecule has 0 unspecified atom stereocenters. The van der Waals surface area contributed by atoms with E-state index in [2.05, 4.69) is 4.74 Å². The summed E-state index contributed by atoms with van der Waals surface area (Å²) in [6, 6.07) is 5.56. The number of rotatable bonds is 5. The maximum atomic E-state index is 12.5. The number of carboxylic acid groups (broad SMARTS) is 1. The van der Waals surface area contributed by atoms with Gasteiger partial charge in [-0.2, -0.15) is 0 Å². The molecule has 0 aliphatic carbocycles. The first-order chi connectivity index (χ1) is 11.4. The lowest BCUT2D eigenvalue weighted by Crippen LogP contribution is -2.43. The Morgan fingerprint density at radius 2 is 2.00 bits per heavy atom. The molecule has 0 radical (unpaired) electrons. The van der Waals surface area contributed by atoms with Crippen LogP contribution in [0.25, 0.3) is 6.08 Å². The number of thiocarbonyl (C=S) groups is 1. The third kappa shape index (κ3) is 3.65. The lowest BCUT2D eigenvalue weighted by Gasteiger charge is -2.21. The molecule has 0 aromatic heterocycles. The SMILES string of the molecule is CC[C@@H](C(=O)O)N1C(=O)/C(=C/c2ccc(C(=O)OC)cc2)SC1=S. The number of carboxylic acids is 1. The number of nitrogens with zero attached hydrogens (tertiary/aromatic N) is 1. The number of thioether (sulfide) groups is 1. The van der Waals surface area contributed by atoms with Crippen LogP contribution in [0.3, 0.4) is 0 Å². The van der Waals surface area contributed by atoms with Crippen molar-refractivity contribution in [2.45, 2.75) is 19.4 Å². The number of esters is 1. The highest BCUT2D eigenvalue weighted by molar-refractivity contribution is 8.26. The fourth-order valence-electron chi connectivity index (χ4n) is 2.20. The zero-order valence-corrected chi connectivity index (χ0v) is 14.6. The first kappa shape index (κ1) is 18.2. The minimum Gasteiger partial charge on any atom is -0.480 e. The number of benzene rings is 1. The summed E-state index contributed by atoms with van der Waals surface area (Å²) in [5.74, 6) is -1.95. The van der Waals surface area contributed by atoms with Crippen LogP contribution >= 0.6 is 24.0 Å². The van der Waals surface area contributed by atoms with Gasteiger partial charge in [-0.25, -0.2) is 9.59 Å². The Kier molecular flexibility index (Phi) is 5.74. The van der Waals surface area contributed by atoms with Gasteiger partial charge in [0.15, 0.2) is 0 Å². The summed E-state index contributed by atoms with van der Waals surface area (Å²) >= 11 is 6.21. The molecular weight excluding hydrogens is 350 g/mol. The average Bonchev–Trinajstić information content (AvgIpc) is 2.83. The minimum absolute atomic E-state index is 0.228. The van der Waals surface area contributed by atoms with Crippen molar-refractivity contribution < 1.29 is 24.2 Å². The maximum Gasteiger partial charge on any atom is 0.337 e. The molecule has 1 aromatic carbocycles. The molecule has 1 fully saturated rings. The lowest BCUT2D eigenvalue weighted by atomic mass is 10.1. The summed E-state index contributed by atoms with van der Waals surface area (Å²) in [6.45, 7) is 1.69. The van der Waals surface area contributed by atoms with E-state index in [-0.39, 0.29) is 10.7 Å². The lowest BCUT2D eigenvalue weighted by molar-refractivity contribution is -0.145. The summed E-state index contributed by atoms with van der Waals surface area (Å²) in [5.41, 5.74) is 1.10. The largest absolute Gasteiger partial charge is 0.480 e. The van der Waals surface area contributed by atoms with Crippen molar-refractivity contribution >= 4 is 52.2 Å². The standard InChI is InChI=1S/C16H15NO5S2/c1-3-11(14(19)20)17-13(18)12(24-16(17)23)8-9-4-6-10(7-5-9)15(21)22-2/h4-8,11H,3H2,1-2H3,(H,19,20)/b12-8-/t11-/m0/s1. The molecule has 8 heteroatoms. The molecule has 6 nitrogen and oxygen atoms in total. The molecule has 24 heavy (non-hydrogen) atoms. The van der Waals surface area contributed by atoms with E-state index in [1.165, 1.54) is 7.11 Å². The highest BCUT2D eigenvalue weighted by Gasteiger charge is 2.39. The molecule has 0 bridgehead atoms. The van der Waals surface area contributed by atoms with Gasteiger partial charge >= 0.3 is 11.9 Å². The third-order valence-electron chi connectivity index (χ3n) is 3.44. The van der Waals surface area contributed by atoms with Crippen LogP contribution in [-0.4, -0.2) is 45.3 Å². The van der Waals surface area contributed by atoms with E-state index in [0.717, 1.165) is 16.7 Å². The quantitative estimate of drug-likeness (QED) is 0.488. The van der Waals surface area contributed by atoms with Gasteiger partial charge in [0.05, 0.1) is 17.6 Å². The summed E-state index contributed by atoms with van der Waals surface area (Å²) in [4.78, 5) is 36.6. The van der Waals surface area contributed by atoms with E-state index in [4.69, 9.17) is 12.2 Å². The Morgan fingerprint density at radius 1 is 1.38 bits per heavy atom. The maximum absolute atomic E-state index is 12.5. The monoisotopic (exact) mass is 365 g/mol. The summed E-state index contributed by atoms with van der Waals surface area (Å²) in [5, 5.41) is 9.23. The van der Waals surface area contributed by atoms with Gasteiger partial charge in [0.25, 0.3) is 5.91 Å². The van der Waals surface area contributed by atoms with E-state index in [0.29, 0.717) is 16.0 Å². The fraction of sp³-hybridized carbons (Fsp3) is 0.250. The summed E-state index contributed by atoms with van der Waals surface area (Å²) in [7, 11) is 1.30. The van der Waals surface area contributed by atoms with Crippen molar-refractivity contribution in [3.8, 4) is 0 Å². The highest BCUT2D eigenvalue weighted by atomic mass is 32.2. The van der Waals surface area contributed by atoms with Crippen molar-refractivity contribution in [2.24, 2.45) is 0 Å². The molecular formula is C16H15NO5S2. The van der Waals surface area contributed by atoms with Gasteiger partial charge < -0.3 is 9.84 Å². The number of ether oxygens (including phenoxy) is 1. The average molecular weight is 365 g/mol. The van der Waals surface area contributed by atoms with E-state index >= 15 is 0 Å². The second-order valence-electron chi connectivity index (χ2n) is 4.93. The Balaban J connectivity index is 2.25. The zero-order chi connectivity index (χ0) is 17.9. The van der Waals surface area contributed by atoms with Crippen molar-refractivity contribution in [1.29, 1.82) is 0 Å². The molecule has 1 heterocycles. The number of methoxy groups -OCH3 is 1. The van der Waals surface area contributed by atoms with Gasteiger partial charge in [-0.15, -0.1) is 0 Å². The van der Waals surface area contributed by atoms with E-state index in [9.17, 15) is 19.5 Å². The Bertz CT molecular complexity index is 726. The summed E-state index contributed by atoms with van der Waals surface area (Å²) < 4.78 is 4.85. The van der Waals surface area contributed by atoms with Crippen LogP contribution in [-0.2, 0) is 14.3 Å². The second-order valence-corrected chi connectivity index (χ2v) is 6.60. The molecule has 1 aliphatic heterocycles. The molecule has 1 saturated heterocycles. The normalized spacial score (nSPS) is 17.2. The fourth-order valence-corrected chi connectivity index (χ4v) is 3.56. The van der Waals surface area contributed by atoms with Crippen LogP contribution < -0.4 is 0 Å². The van der Waals surface area contributed by atoms with Gasteiger partial charge in [-0.3, -0.25) is 9.69 Å². The Hall–Kier alpha value is -2.19. The van der Waals surface area contributed by atoms with Crippen LogP contribution in [0.2, 0.25) is 0 Å². The first-order valence-corrected chi connectivity index (χ1v) is 8.29. The number of amides is 1. The number of aliphatic carboxylic acids is 1. The Labute approximate surface area is 148 Å². The summed E-state index contributed by atoms with van der Waals surface area (Å²) in [6.07, 6.45) is 1.89. The van der Waals surface area contributed by atoms with Crippen LogP contribution in [0, 0.1) is 0 Å². The number of carbonyl (C=O) groups is 3. The molecule has 0 saturated carbocycles. The van der Waals surface area contributed by atoms with Crippen LogP contribution in [0.5, 0.6) is 0 Å². The van der Waals surface area contributed by atoms with Crippen LogP contribution in [0.1, 0.15) is 29.3 Å². The second kappa shape index (κ2) is 7.59. The van der Waals surface area contributed by atoms with Gasteiger partial charge in [-0.05, 0) is 30.2 Å². The van der Waals surface area contributed by atoms with E-state index in [1.54, 1.807) is 37.3 Å². The van der Waals surface area contributed by atoms with Gasteiger partial charge in [0.2, 0.25) is 0 Å². The minimum atomic E-state index is -1.09. The van der Waals surface area contributed by atoms with Crippen molar-refractivity contribution in [3.63, 3.8) is 0 Å². The smallest absolute Gasteiger partial charge is 0.337 e. The molecule has 0 spiro atoms. The zero-order valence-electron chi connectivity index (χ0n) is 13.0. The predicted octanol–water partition coefficient (Wildman–Crippen LogP) is 2.54. The van der Waals surface area contributed by atoms with E-state index < -0.39 is 23.9 Å². The van der Waals surface area contributed by atoms with Crippen LogP contribution in [0.4, 0.5) is 0 Å². The van der Waals surface area contributed by atoms with Crippen LogP contribution in [0.15, 0.2) is 29.2 Å². The molecule has 2 rings (SSSR count). The Morgan fingerprint density at radius 3 is 2.50 bits per heavy atom. The number of hydrogen-bond acceptors (Lipinski definition) is 6. The highest BCUT2D eigenvalue weighted by Crippen LogP contribution is 2.34. The van der Waals surface area contributed by atoms with Gasteiger partial charge in [0.1, 0.15) is 10.4 Å². The van der Waals surface area contributed by atoms with Crippen molar-refractivity contribution in [2.75, 3.05) is 7.11 Å². The first-order valence-electron chi connectivity index (χ1n) is 7.07. The van der Waals surface area contributed by atoms with Crippen molar-refractivity contribution in [1.82, 2.24) is 4.90 Å². The molecule has 1 aliphatic rings. The van der Waals surface area contributed by atoms with E-state index in [1.807, 2.05) is 0 Å². The topological polar surface area (TPSA) is 83.9 Å². The van der Waals surface area contributed by atoms with Gasteiger partial charge in [-0.1, -0.05) is 43.0 Å². The molecule has 1 N–H and O–H groups in total. The number of carbonyl (C=O) groups excluding carboxylic acids is 2. The predicted molar refractivity (Wildman–Crippen MR) is 94.5 cm³/mol. The molecule has 1 aromatic rings. The molecule has 126 valence electrons. The third-order valence-corrected chi connectivity index (χ3v) is 4.77. The van der Waals surface area contributed by atoms with Crippen molar-refractivity contribution in [3.05, 3.63) is 40.3 Å².